The third-order valence-electron chi connectivity index (χ3n) is 2.83. The molecule has 0 aliphatic heterocycles. The number of nitrogens with zero attached hydrogens (tertiary/aromatic N) is 3. The maximum absolute atomic E-state index is 6.18. The summed E-state index contributed by atoms with van der Waals surface area (Å²) in [4.78, 5) is 13.0. The Morgan fingerprint density at radius 3 is 2.50 bits per heavy atom. The molecule has 0 saturated carbocycles. The Bertz CT molecular complexity index is 616. The predicted octanol–water partition coefficient (Wildman–Crippen LogP) is 3.64. The molecule has 0 saturated heterocycles. The Balaban J connectivity index is 2.24. The lowest BCUT2D eigenvalue weighted by Gasteiger charge is -2.19. The molecule has 2 rings (SSSR count). The molecule has 0 fully saturated rings. The van der Waals surface area contributed by atoms with Crippen LogP contribution in [0, 0.1) is 13.8 Å². The van der Waals surface area contributed by atoms with Crippen molar-refractivity contribution in [2.45, 2.75) is 46.6 Å². The number of hydrogen-bond acceptors (Lipinski definition) is 5. The molecule has 5 nitrogen and oxygen atoms in total. The van der Waals surface area contributed by atoms with Crippen LogP contribution < -0.4 is 5.32 Å². The fourth-order valence-electron chi connectivity index (χ4n) is 1.64. The third kappa shape index (κ3) is 3.28. The van der Waals surface area contributed by atoms with E-state index in [1.54, 1.807) is 6.20 Å². The van der Waals surface area contributed by atoms with Crippen molar-refractivity contribution in [3.63, 3.8) is 0 Å². The smallest absolute Gasteiger partial charge is 0.213 e. The summed E-state index contributed by atoms with van der Waals surface area (Å²) in [5.41, 5.74) is 0.663. The molecule has 0 amide bonds. The fourth-order valence-corrected chi connectivity index (χ4v) is 1.81. The molecule has 0 aliphatic rings. The molecule has 108 valence electrons. The van der Waals surface area contributed by atoms with Gasteiger partial charge in [-0.2, -0.15) is 0 Å². The number of hydrogen-bond donors (Lipinski definition) is 1. The van der Waals surface area contributed by atoms with Crippen molar-refractivity contribution in [3.05, 3.63) is 34.4 Å². The highest BCUT2D eigenvalue weighted by molar-refractivity contribution is 6.30. The number of anilines is 1. The van der Waals surface area contributed by atoms with Crippen molar-refractivity contribution in [1.29, 1.82) is 0 Å². The fraction of sp³-hybridized carbons (Fsp3) is 0.500. The van der Waals surface area contributed by atoms with E-state index in [4.69, 9.17) is 16.0 Å². The molecule has 0 atom stereocenters. The van der Waals surface area contributed by atoms with Gasteiger partial charge in [-0.15, -0.1) is 0 Å². The van der Waals surface area contributed by atoms with Gasteiger partial charge in [-0.3, -0.25) is 0 Å². The summed E-state index contributed by atoms with van der Waals surface area (Å²) < 4.78 is 5.42. The van der Waals surface area contributed by atoms with Crippen molar-refractivity contribution in [2.24, 2.45) is 0 Å². The van der Waals surface area contributed by atoms with Crippen LogP contribution >= 0.6 is 11.6 Å². The molecule has 2 aromatic rings. The van der Waals surface area contributed by atoms with Gasteiger partial charge in [0.1, 0.15) is 22.6 Å². The predicted molar refractivity (Wildman–Crippen MR) is 79.0 cm³/mol. The van der Waals surface area contributed by atoms with E-state index in [1.807, 2.05) is 13.8 Å². The number of aryl methyl sites for hydroxylation is 1. The van der Waals surface area contributed by atoms with E-state index in [2.05, 4.69) is 41.0 Å². The van der Waals surface area contributed by atoms with Crippen molar-refractivity contribution >= 4 is 17.4 Å². The van der Waals surface area contributed by atoms with Gasteiger partial charge in [0, 0.05) is 11.0 Å². The Morgan fingerprint density at radius 2 is 1.95 bits per heavy atom. The van der Waals surface area contributed by atoms with Crippen molar-refractivity contribution in [2.75, 3.05) is 5.32 Å². The third-order valence-corrected chi connectivity index (χ3v) is 3.20. The average Bonchev–Trinajstić information content (AvgIpc) is 2.75. The monoisotopic (exact) mass is 294 g/mol. The van der Waals surface area contributed by atoms with Crippen LogP contribution in [0.3, 0.4) is 0 Å². The zero-order valence-electron chi connectivity index (χ0n) is 12.4. The minimum absolute atomic E-state index is 0.159. The highest BCUT2D eigenvalue weighted by atomic mass is 35.5. The summed E-state index contributed by atoms with van der Waals surface area (Å²) >= 11 is 6.18. The van der Waals surface area contributed by atoms with Gasteiger partial charge in [0.05, 0.1) is 12.7 Å². The van der Waals surface area contributed by atoms with Crippen molar-refractivity contribution in [3.8, 4) is 0 Å². The van der Waals surface area contributed by atoms with Crippen LogP contribution in [0.25, 0.3) is 0 Å². The van der Waals surface area contributed by atoms with Crippen molar-refractivity contribution < 1.29 is 4.42 Å². The van der Waals surface area contributed by atoms with Crippen LogP contribution in [-0.2, 0) is 12.0 Å². The zero-order chi connectivity index (χ0) is 14.9. The first-order chi connectivity index (χ1) is 9.27. The quantitative estimate of drug-likeness (QED) is 0.876. The second kappa shape index (κ2) is 5.40. The molecule has 0 aliphatic carbocycles. The second-order valence-electron chi connectivity index (χ2n) is 5.78. The van der Waals surface area contributed by atoms with E-state index >= 15 is 0 Å². The van der Waals surface area contributed by atoms with Crippen LogP contribution in [0.4, 0.5) is 5.82 Å². The summed E-state index contributed by atoms with van der Waals surface area (Å²) in [6.07, 6.45) is 1.69. The van der Waals surface area contributed by atoms with Gasteiger partial charge in [-0.1, -0.05) is 32.4 Å². The lowest BCUT2D eigenvalue weighted by Crippen LogP contribution is -2.18. The number of aromatic nitrogens is 3. The minimum Gasteiger partial charge on any atom is -0.444 e. The number of nitrogens with one attached hydrogen (secondary N) is 1. The normalized spacial score (nSPS) is 11.7. The van der Waals surface area contributed by atoms with Crippen LogP contribution in [-0.4, -0.2) is 15.0 Å². The van der Waals surface area contributed by atoms with Crippen LogP contribution in [0.5, 0.6) is 0 Å². The molecule has 0 bridgehead atoms. The molecule has 0 aromatic carbocycles. The van der Waals surface area contributed by atoms with E-state index < -0.39 is 0 Å². The molecule has 2 heterocycles. The Hall–Kier alpha value is -1.62. The molecule has 6 heteroatoms. The zero-order valence-corrected chi connectivity index (χ0v) is 13.2. The molecular formula is C14H19ClN4O. The highest BCUT2D eigenvalue weighted by Crippen LogP contribution is 2.26. The van der Waals surface area contributed by atoms with Crippen LogP contribution in [0.1, 0.15) is 43.8 Å². The largest absolute Gasteiger partial charge is 0.444 e. The molecule has 0 spiro atoms. The van der Waals surface area contributed by atoms with E-state index in [9.17, 15) is 0 Å². The number of rotatable bonds is 3. The molecule has 2 aromatic heterocycles. The van der Waals surface area contributed by atoms with Crippen molar-refractivity contribution in [1.82, 2.24) is 15.0 Å². The van der Waals surface area contributed by atoms with E-state index in [0.717, 1.165) is 11.3 Å². The summed E-state index contributed by atoms with van der Waals surface area (Å²) in [6, 6.07) is 0. The lowest BCUT2D eigenvalue weighted by molar-refractivity contribution is 0.478. The Labute approximate surface area is 123 Å². The SMILES string of the molecule is Cc1cnc(CNc2nc(C(C)(C)C)nc(Cl)c2C)o1. The maximum Gasteiger partial charge on any atom is 0.213 e. The van der Waals surface area contributed by atoms with Gasteiger partial charge in [-0.25, -0.2) is 15.0 Å². The van der Waals surface area contributed by atoms with Crippen LogP contribution in [0.15, 0.2) is 10.6 Å². The first-order valence-electron chi connectivity index (χ1n) is 6.47. The van der Waals surface area contributed by atoms with E-state index in [0.29, 0.717) is 29.2 Å². The molecule has 1 N–H and O–H groups in total. The second-order valence-corrected chi connectivity index (χ2v) is 6.14. The first-order valence-corrected chi connectivity index (χ1v) is 6.85. The van der Waals surface area contributed by atoms with Gasteiger partial charge in [0.2, 0.25) is 5.89 Å². The molecule has 0 radical (unpaired) electrons. The first kappa shape index (κ1) is 14.8. The Morgan fingerprint density at radius 1 is 1.25 bits per heavy atom. The van der Waals surface area contributed by atoms with Gasteiger partial charge in [0.15, 0.2) is 0 Å². The van der Waals surface area contributed by atoms with Gasteiger partial charge in [0.25, 0.3) is 0 Å². The Kier molecular flexibility index (Phi) is 3.99. The highest BCUT2D eigenvalue weighted by Gasteiger charge is 2.20. The maximum atomic E-state index is 6.18. The summed E-state index contributed by atoms with van der Waals surface area (Å²) in [7, 11) is 0. The molecule has 0 unspecified atom stereocenters. The van der Waals surface area contributed by atoms with Gasteiger partial charge >= 0.3 is 0 Å². The average molecular weight is 295 g/mol. The lowest BCUT2D eigenvalue weighted by atomic mass is 9.95. The summed E-state index contributed by atoms with van der Waals surface area (Å²) in [6.45, 7) is 10.4. The molecular weight excluding hydrogens is 276 g/mol. The van der Waals surface area contributed by atoms with Gasteiger partial charge in [-0.05, 0) is 13.8 Å². The van der Waals surface area contributed by atoms with E-state index in [1.165, 1.54) is 0 Å². The minimum atomic E-state index is -0.159. The molecule has 20 heavy (non-hydrogen) atoms. The van der Waals surface area contributed by atoms with Crippen LogP contribution in [0.2, 0.25) is 5.15 Å². The number of halogens is 1. The summed E-state index contributed by atoms with van der Waals surface area (Å²) in [5.74, 6) is 2.83. The topological polar surface area (TPSA) is 63.8 Å². The standard InChI is InChI=1S/C14H19ClN4O/c1-8-6-16-10(20-8)7-17-12-9(2)11(15)18-13(19-12)14(3,4)5/h6H,7H2,1-5H3,(H,17,18,19). The summed E-state index contributed by atoms with van der Waals surface area (Å²) in [5, 5.41) is 3.67. The number of oxazole rings is 1. The van der Waals surface area contributed by atoms with Gasteiger partial charge < -0.3 is 9.73 Å². The van der Waals surface area contributed by atoms with E-state index in [-0.39, 0.29) is 5.41 Å².